The quantitative estimate of drug-likeness (QED) is 0.388. The van der Waals surface area contributed by atoms with Crippen LogP contribution in [0.15, 0.2) is 72.8 Å². The van der Waals surface area contributed by atoms with Crippen LogP contribution in [0.25, 0.3) is 22.2 Å². The van der Waals surface area contributed by atoms with E-state index >= 15 is 0 Å². The number of aromatic nitrogens is 1. The molecule has 2 aliphatic rings. The number of fused-ring (bicyclic) bond motifs is 2. The van der Waals surface area contributed by atoms with Gasteiger partial charge >= 0.3 is 0 Å². The van der Waals surface area contributed by atoms with Crippen molar-refractivity contribution in [2.45, 2.75) is 25.8 Å². The lowest BCUT2D eigenvalue weighted by Crippen LogP contribution is -2.42. The van der Waals surface area contributed by atoms with Crippen LogP contribution in [0.2, 0.25) is 0 Å². The first-order valence-electron chi connectivity index (χ1n) is 13.6. The molecule has 1 aromatic heterocycles. The molecule has 1 unspecified atom stereocenters. The van der Waals surface area contributed by atoms with Crippen molar-refractivity contribution in [2.75, 3.05) is 32.7 Å². The van der Waals surface area contributed by atoms with Crippen molar-refractivity contribution < 1.29 is 9.59 Å². The van der Waals surface area contributed by atoms with Crippen LogP contribution in [0, 0.1) is 6.92 Å². The molecule has 0 radical (unpaired) electrons. The highest BCUT2D eigenvalue weighted by molar-refractivity contribution is 6.03. The fourth-order valence-electron chi connectivity index (χ4n) is 6.17. The second-order valence-corrected chi connectivity index (χ2v) is 10.5. The first kappa shape index (κ1) is 24.4. The number of amides is 2. The second-order valence-electron chi connectivity index (χ2n) is 10.5. The summed E-state index contributed by atoms with van der Waals surface area (Å²) in [6.45, 7) is 5.75. The predicted molar refractivity (Wildman–Crippen MR) is 151 cm³/mol. The van der Waals surface area contributed by atoms with Gasteiger partial charge in [0.25, 0.3) is 5.91 Å². The molecule has 0 spiro atoms. The zero-order valence-electron chi connectivity index (χ0n) is 22.1. The number of likely N-dealkylation sites (tertiary alicyclic amines) is 1. The van der Waals surface area contributed by atoms with Gasteiger partial charge in [-0.3, -0.25) is 9.59 Å². The van der Waals surface area contributed by atoms with Crippen molar-refractivity contribution in [2.24, 2.45) is 7.05 Å². The van der Waals surface area contributed by atoms with Crippen molar-refractivity contribution in [3.05, 3.63) is 95.1 Å². The van der Waals surface area contributed by atoms with Gasteiger partial charge in [0.1, 0.15) is 6.54 Å². The van der Waals surface area contributed by atoms with E-state index in [9.17, 15) is 9.59 Å². The molecule has 2 aliphatic heterocycles. The van der Waals surface area contributed by atoms with E-state index in [0.717, 1.165) is 52.9 Å². The maximum Gasteiger partial charge on any atom is 0.255 e. The van der Waals surface area contributed by atoms with Crippen LogP contribution in [-0.4, -0.2) is 58.9 Å². The Morgan fingerprint density at radius 1 is 0.947 bits per heavy atom. The maximum atomic E-state index is 13.8. The fourth-order valence-corrected chi connectivity index (χ4v) is 6.17. The average molecular weight is 507 g/mol. The smallest absolute Gasteiger partial charge is 0.255 e. The highest BCUT2D eigenvalue weighted by atomic mass is 16.2. The summed E-state index contributed by atoms with van der Waals surface area (Å²) in [5, 5.41) is 4.17. The summed E-state index contributed by atoms with van der Waals surface area (Å²) in [5.74, 6) is -0.212. The van der Waals surface area contributed by atoms with Crippen molar-refractivity contribution in [3.8, 4) is 11.3 Å². The molecule has 194 valence electrons. The van der Waals surface area contributed by atoms with Crippen LogP contribution < -0.4 is 5.32 Å². The minimum atomic E-state index is -0.356. The molecule has 0 saturated carbocycles. The van der Waals surface area contributed by atoms with Crippen LogP contribution in [0.1, 0.15) is 45.9 Å². The Bertz CT molecular complexity index is 1500. The molecule has 1 atom stereocenters. The third kappa shape index (κ3) is 4.29. The summed E-state index contributed by atoms with van der Waals surface area (Å²) in [4.78, 5) is 31.1. The minimum Gasteiger partial charge on any atom is -0.353 e. The van der Waals surface area contributed by atoms with Crippen LogP contribution in [0.5, 0.6) is 0 Å². The summed E-state index contributed by atoms with van der Waals surface area (Å²) in [6, 6.07) is 24.3. The van der Waals surface area contributed by atoms with Crippen molar-refractivity contribution in [1.29, 1.82) is 0 Å². The van der Waals surface area contributed by atoms with Gasteiger partial charge in [0.2, 0.25) is 5.91 Å². The number of para-hydroxylation sites is 1. The van der Waals surface area contributed by atoms with Gasteiger partial charge in [-0.2, -0.15) is 0 Å². The van der Waals surface area contributed by atoms with Gasteiger partial charge in [-0.15, -0.1) is 0 Å². The Morgan fingerprint density at radius 2 is 1.66 bits per heavy atom. The molecular weight excluding hydrogens is 472 g/mol. The van der Waals surface area contributed by atoms with E-state index in [1.54, 1.807) is 4.90 Å². The summed E-state index contributed by atoms with van der Waals surface area (Å²) < 4.78 is 2.22. The van der Waals surface area contributed by atoms with E-state index in [1.165, 1.54) is 18.4 Å². The number of benzene rings is 3. The standard InChI is InChI=1S/C32H34N4O2/c1-22-13-15-23(16-14-22)30-29(26-11-5-6-12-27(26)34(30)2)31-24-9-3-4-10-25(24)32(38)36(31)21-28(37)33-17-20-35-18-7-8-19-35/h3-6,9-16,31H,7-8,17-21H2,1-2H3,(H,33,37). The largest absolute Gasteiger partial charge is 0.353 e. The van der Waals surface area contributed by atoms with Crippen LogP contribution in [0.4, 0.5) is 0 Å². The van der Waals surface area contributed by atoms with Gasteiger partial charge in [0.15, 0.2) is 0 Å². The lowest BCUT2D eigenvalue weighted by atomic mass is 9.93. The van der Waals surface area contributed by atoms with E-state index < -0.39 is 0 Å². The molecular formula is C32H34N4O2. The molecule has 2 amide bonds. The van der Waals surface area contributed by atoms with Crippen LogP contribution in [0.3, 0.4) is 0 Å². The Balaban J connectivity index is 1.41. The Labute approximate surface area is 223 Å². The second kappa shape index (κ2) is 10.1. The summed E-state index contributed by atoms with van der Waals surface area (Å²) in [5.41, 5.74) is 7.15. The van der Waals surface area contributed by atoms with Crippen molar-refractivity contribution in [1.82, 2.24) is 19.7 Å². The topological polar surface area (TPSA) is 57.6 Å². The molecule has 3 heterocycles. The lowest BCUT2D eigenvalue weighted by Gasteiger charge is -2.27. The van der Waals surface area contributed by atoms with Gasteiger partial charge < -0.3 is 19.7 Å². The summed E-state index contributed by atoms with van der Waals surface area (Å²) in [7, 11) is 2.08. The van der Waals surface area contributed by atoms with Crippen LogP contribution >= 0.6 is 0 Å². The number of nitrogens with zero attached hydrogens (tertiary/aromatic N) is 3. The molecule has 6 rings (SSSR count). The average Bonchev–Trinajstić information content (AvgIpc) is 3.62. The van der Waals surface area contributed by atoms with E-state index in [4.69, 9.17) is 0 Å². The highest BCUT2D eigenvalue weighted by Crippen LogP contribution is 2.46. The number of aryl methyl sites for hydroxylation is 2. The molecule has 0 aliphatic carbocycles. The third-order valence-corrected chi connectivity index (χ3v) is 8.07. The zero-order valence-corrected chi connectivity index (χ0v) is 22.1. The molecule has 38 heavy (non-hydrogen) atoms. The zero-order chi connectivity index (χ0) is 26.2. The number of hydrogen-bond acceptors (Lipinski definition) is 3. The van der Waals surface area contributed by atoms with Crippen molar-refractivity contribution >= 4 is 22.7 Å². The summed E-state index contributed by atoms with van der Waals surface area (Å²) in [6.07, 6.45) is 2.45. The van der Waals surface area contributed by atoms with Gasteiger partial charge in [0.05, 0.1) is 11.7 Å². The van der Waals surface area contributed by atoms with Gasteiger partial charge in [0, 0.05) is 42.2 Å². The molecule has 0 bridgehead atoms. The number of nitrogens with one attached hydrogen (secondary N) is 1. The van der Waals surface area contributed by atoms with E-state index in [2.05, 4.69) is 65.2 Å². The first-order chi connectivity index (χ1) is 18.5. The molecule has 6 nitrogen and oxygen atoms in total. The Hall–Kier alpha value is -3.90. The normalized spacial score (nSPS) is 17.4. The first-order valence-corrected chi connectivity index (χ1v) is 13.6. The molecule has 6 heteroatoms. The molecule has 1 N–H and O–H groups in total. The van der Waals surface area contributed by atoms with E-state index in [0.29, 0.717) is 12.1 Å². The number of carbonyl (C=O) groups excluding carboxylic acids is 2. The maximum absolute atomic E-state index is 13.8. The monoisotopic (exact) mass is 506 g/mol. The number of hydrogen-bond donors (Lipinski definition) is 1. The predicted octanol–water partition coefficient (Wildman–Crippen LogP) is 4.91. The van der Waals surface area contributed by atoms with Crippen LogP contribution in [-0.2, 0) is 11.8 Å². The Kier molecular flexibility index (Phi) is 6.50. The number of carbonyl (C=O) groups is 2. The minimum absolute atomic E-state index is 0.0226. The van der Waals surface area contributed by atoms with Gasteiger partial charge in [-0.1, -0.05) is 66.2 Å². The van der Waals surface area contributed by atoms with Gasteiger partial charge in [-0.05, 0) is 56.1 Å². The van der Waals surface area contributed by atoms with Gasteiger partial charge in [-0.25, -0.2) is 0 Å². The SMILES string of the molecule is Cc1ccc(-c2c(C3c4ccccc4C(=O)N3CC(=O)NCCN3CCCC3)c3ccccc3n2C)cc1. The fraction of sp³-hybridized carbons (Fsp3) is 0.312. The molecule has 4 aromatic rings. The summed E-state index contributed by atoms with van der Waals surface area (Å²) >= 11 is 0. The highest BCUT2D eigenvalue weighted by Gasteiger charge is 2.41. The lowest BCUT2D eigenvalue weighted by molar-refractivity contribution is -0.122. The molecule has 1 saturated heterocycles. The Morgan fingerprint density at radius 3 is 2.45 bits per heavy atom. The van der Waals surface area contributed by atoms with Crippen molar-refractivity contribution in [3.63, 3.8) is 0 Å². The van der Waals surface area contributed by atoms with E-state index in [-0.39, 0.29) is 24.4 Å². The third-order valence-electron chi connectivity index (χ3n) is 8.07. The van der Waals surface area contributed by atoms with E-state index in [1.807, 2.05) is 36.4 Å². The molecule has 3 aromatic carbocycles. The number of rotatable bonds is 7. The molecule has 1 fully saturated rings.